The van der Waals surface area contributed by atoms with Crippen LogP contribution in [0.1, 0.15) is 31.0 Å². The van der Waals surface area contributed by atoms with Gasteiger partial charge in [0.1, 0.15) is 5.15 Å². The minimum Gasteiger partial charge on any atom is -0.339 e. The molecule has 6 nitrogen and oxygen atoms in total. The van der Waals surface area contributed by atoms with Gasteiger partial charge in [-0.05, 0) is 43.3 Å². The number of nitrogens with one attached hydrogen (secondary N) is 1. The Morgan fingerprint density at radius 2 is 2.04 bits per heavy atom. The topological polar surface area (TPSA) is 67.2 Å². The maximum atomic E-state index is 12.4. The number of anilines is 1. The van der Waals surface area contributed by atoms with Crippen molar-refractivity contribution in [1.82, 2.24) is 14.7 Å². The summed E-state index contributed by atoms with van der Waals surface area (Å²) in [7, 11) is 3.37. The largest absolute Gasteiger partial charge is 0.339 e. The van der Waals surface area contributed by atoms with Gasteiger partial charge in [0.2, 0.25) is 5.91 Å². The maximum absolute atomic E-state index is 12.4. The van der Waals surface area contributed by atoms with Gasteiger partial charge >= 0.3 is 0 Å². The number of benzene rings is 1. The van der Waals surface area contributed by atoms with Crippen molar-refractivity contribution < 1.29 is 9.59 Å². The van der Waals surface area contributed by atoms with Crippen LogP contribution in [0.15, 0.2) is 35.2 Å². The molecule has 0 saturated carbocycles. The second kappa shape index (κ2) is 10.3. The average molecular weight is 421 g/mol. The Morgan fingerprint density at radius 3 is 2.71 bits per heavy atom. The minimum absolute atomic E-state index is 0.112. The van der Waals surface area contributed by atoms with Crippen LogP contribution in [-0.2, 0) is 11.3 Å². The second-order valence-electron chi connectivity index (χ2n) is 6.45. The molecule has 0 saturated heterocycles. The van der Waals surface area contributed by atoms with Gasteiger partial charge in [0.05, 0.1) is 11.4 Å². The zero-order valence-electron chi connectivity index (χ0n) is 16.5. The van der Waals surface area contributed by atoms with Crippen LogP contribution >= 0.6 is 23.4 Å². The number of carbonyl (C=O) groups excluding carboxylic acids is 2. The molecule has 0 aliphatic heterocycles. The fraction of sp³-hybridized carbons (Fsp3) is 0.350. The highest BCUT2D eigenvalue weighted by Crippen LogP contribution is 2.28. The average Bonchev–Trinajstić information content (AvgIpc) is 2.92. The quantitative estimate of drug-likeness (QED) is 0.501. The van der Waals surface area contributed by atoms with Gasteiger partial charge in [0, 0.05) is 37.2 Å². The van der Waals surface area contributed by atoms with Gasteiger partial charge < -0.3 is 10.2 Å². The van der Waals surface area contributed by atoms with E-state index in [-0.39, 0.29) is 11.1 Å². The van der Waals surface area contributed by atoms with Crippen molar-refractivity contribution in [3.8, 4) is 0 Å². The van der Waals surface area contributed by atoms with Crippen LogP contribution in [0, 0.1) is 6.92 Å². The summed E-state index contributed by atoms with van der Waals surface area (Å²) in [4.78, 5) is 26.5. The molecule has 1 aromatic carbocycles. The van der Waals surface area contributed by atoms with Gasteiger partial charge in [-0.25, -0.2) is 0 Å². The molecule has 0 atom stereocenters. The highest BCUT2D eigenvalue weighted by atomic mass is 35.5. The van der Waals surface area contributed by atoms with Gasteiger partial charge in [-0.1, -0.05) is 37.1 Å². The Balaban J connectivity index is 2.11. The minimum atomic E-state index is -0.304. The Labute approximate surface area is 174 Å². The Morgan fingerprint density at radius 1 is 1.32 bits per heavy atom. The molecule has 1 N–H and O–H groups in total. The van der Waals surface area contributed by atoms with Gasteiger partial charge in [-0.2, -0.15) is 5.10 Å². The summed E-state index contributed by atoms with van der Waals surface area (Å²) in [6.07, 6.45) is 5.14. The first-order chi connectivity index (χ1) is 13.3. The van der Waals surface area contributed by atoms with E-state index in [1.165, 1.54) is 11.0 Å². The predicted octanol–water partition coefficient (Wildman–Crippen LogP) is 5.07. The molecule has 0 aliphatic carbocycles. The molecular weight excluding hydrogens is 396 g/mol. The molecule has 8 heteroatoms. The molecule has 0 unspecified atom stereocenters. The summed E-state index contributed by atoms with van der Waals surface area (Å²) >= 11 is 7.46. The number of hydrogen-bond acceptors (Lipinski definition) is 4. The molecule has 0 fully saturated rings. The van der Waals surface area contributed by atoms with Gasteiger partial charge in [0.25, 0.3) is 5.24 Å². The number of nitrogens with zero attached hydrogens (tertiary/aromatic N) is 3. The number of halogens is 1. The number of carbonyl (C=O) groups is 2. The molecule has 2 aromatic rings. The van der Waals surface area contributed by atoms with Crippen molar-refractivity contribution >= 4 is 46.3 Å². The SMILES string of the molecule is CCCCn1nc(C)c(/C=C/C(=O)Nc2ccccc2SC(=O)N(C)C)c1Cl. The summed E-state index contributed by atoms with van der Waals surface area (Å²) < 4.78 is 1.76. The number of unbranched alkanes of at least 4 members (excludes halogenated alkanes) is 1. The molecule has 1 heterocycles. The van der Waals surface area contributed by atoms with E-state index < -0.39 is 0 Å². The second-order valence-corrected chi connectivity index (χ2v) is 7.80. The van der Waals surface area contributed by atoms with Crippen LogP contribution in [0.5, 0.6) is 0 Å². The smallest absolute Gasteiger partial charge is 0.286 e. The molecule has 2 amide bonds. The number of hydrogen-bond donors (Lipinski definition) is 1. The molecule has 0 aliphatic rings. The number of aryl methyl sites for hydroxylation is 2. The third-order valence-electron chi connectivity index (χ3n) is 3.94. The number of amides is 2. The van der Waals surface area contributed by atoms with E-state index in [1.807, 2.05) is 19.1 Å². The van der Waals surface area contributed by atoms with Crippen LogP contribution in [0.4, 0.5) is 10.5 Å². The van der Waals surface area contributed by atoms with E-state index in [1.54, 1.807) is 37.0 Å². The first-order valence-electron chi connectivity index (χ1n) is 9.03. The summed E-state index contributed by atoms with van der Waals surface area (Å²) in [6, 6.07) is 7.19. The van der Waals surface area contributed by atoms with Crippen molar-refractivity contribution in [1.29, 1.82) is 0 Å². The summed E-state index contributed by atoms with van der Waals surface area (Å²) in [5.74, 6) is -0.304. The highest BCUT2D eigenvalue weighted by molar-refractivity contribution is 8.13. The lowest BCUT2D eigenvalue weighted by Crippen LogP contribution is -2.16. The lowest BCUT2D eigenvalue weighted by atomic mass is 10.2. The molecule has 28 heavy (non-hydrogen) atoms. The normalized spacial score (nSPS) is 11.0. The Bertz CT molecular complexity index is 877. The van der Waals surface area contributed by atoms with Crippen molar-refractivity contribution in [2.75, 3.05) is 19.4 Å². The predicted molar refractivity (Wildman–Crippen MR) is 116 cm³/mol. The van der Waals surface area contributed by atoms with E-state index in [0.29, 0.717) is 15.7 Å². The third kappa shape index (κ3) is 5.87. The lowest BCUT2D eigenvalue weighted by Gasteiger charge is -2.12. The Kier molecular flexibility index (Phi) is 8.14. The molecule has 150 valence electrons. The fourth-order valence-corrected chi connectivity index (χ4v) is 3.46. The Hall–Kier alpha value is -2.25. The van der Waals surface area contributed by atoms with Crippen LogP contribution in [0.3, 0.4) is 0 Å². The van der Waals surface area contributed by atoms with E-state index in [0.717, 1.165) is 42.4 Å². The van der Waals surface area contributed by atoms with Crippen molar-refractivity contribution in [2.45, 2.75) is 38.1 Å². The van der Waals surface area contributed by atoms with Crippen molar-refractivity contribution in [2.24, 2.45) is 0 Å². The fourth-order valence-electron chi connectivity index (χ4n) is 2.39. The number of aromatic nitrogens is 2. The standard InChI is InChI=1S/C20H25ClN4O2S/c1-5-6-13-25-19(21)15(14(2)23-25)11-12-18(26)22-16-9-7-8-10-17(16)28-20(27)24(3)4/h7-12H,5-6,13H2,1-4H3,(H,22,26)/b12-11+. The third-order valence-corrected chi connectivity index (χ3v) is 5.46. The number of para-hydroxylation sites is 1. The summed E-state index contributed by atoms with van der Waals surface area (Å²) in [5.41, 5.74) is 2.09. The molecular formula is C20H25ClN4O2S. The van der Waals surface area contributed by atoms with Crippen LogP contribution in [0.2, 0.25) is 5.15 Å². The molecule has 2 rings (SSSR count). The maximum Gasteiger partial charge on any atom is 0.286 e. The van der Waals surface area contributed by atoms with Crippen molar-refractivity contribution in [3.05, 3.63) is 46.8 Å². The van der Waals surface area contributed by atoms with Gasteiger partial charge in [-0.15, -0.1) is 0 Å². The van der Waals surface area contributed by atoms with Crippen LogP contribution in [-0.4, -0.2) is 39.9 Å². The molecule has 0 radical (unpaired) electrons. The van der Waals surface area contributed by atoms with E-state index >= 15 is 0 Å². The number of rotatable bonds is 7. The van der Waals surface area contributed by atoms with Gasteiger partial charge in [0.15, 0.2) is 0 Å². The molecule has 0 bridgehead atoms. The molecule has 0 spiro atoms. The van der Waals surface area contributed by atoms with Crippen LogP contribution < -0.4 is 5.32 Å². The monoisotopic (exact) mass is 420 g/mol. The summed E-state index contributed by atoms with van der Waals surface area (Å²) in [6.45, 7) is 4.73. The lowest BCUT2D eigenvalue weighted by molar-refractivity contribution is -0.111. The zero-order valence-corrected chi connectivity index (χ0v) is 18.1. The number of thioether (sulfide) groups is 1. The van der Waals surface area contributed by atoms with Crippen molar-refractivity contribution in [3.63, 3.8) is 0 Å². The van der Waals surface area contributed by atoms with Gasteiger partial charge in [-0.3, -0.25) is 14.3 Å². The first kappa shape index (κ1) is 22.0. The van der Waals surface area contributed by atoms with E-state index in [9.17, 15) is 9.59 Å². The molecule has 1 aromatic heterocycles. The highest BCUT2D eigenvalue weighted by Gasteiger charge is 2.13. The summed E-state index contributed by atoms with van der Waals surface area (Å²) in [5, 5.41) is 7.66. The van der Waals surface area contributed by atoms with Crippen LogP contribution in [0.25, 0.3) is 6.08 Å². The first-order valence-corrected chi connectivity index (χ1v) is 10.2. The zero-order chi connectivity index (χ0) is 20.7. The van der Waals surface area contributed by atoms with E-state index in [4.69, 9.17) is 11.6 Å². The van der Waals surface area contributed by atoms with E-state index in [2.05, 4.69) is 17.3 Å².